The van der Waals surface area contributed by atoms with E-state index >= 15 is 0 Å². The number of hydrogen-bond acceptors (Lipinski definition) is 2. The molecule has 0 amide bonds. The number of hydrogen-bond donors (Lipinski definition) is 0. The average molecular weight is 314 g/mol. The van der Waals surface area contributed by atoms with Gasteiger partial charge in [0.05, 0.1) is 12.1 Å². The van der Waals surface area contributed by atoms with Crippen LogP contribution in [0, 0.1) is 28.6 Å². The van der Waals surface area contributed by atoms with Crippen molar-refractivity contribution in [3.05, 3.63) is 77.9 Å². The Labute approximate surface area is 144 Å². The van der Waals surface area contributed by atoms with Crippen LogP contribution in [0.25, 0.3) is 5.57 Å². The third kappa shape index (κ3) is 5.41. The predicted octanol–water partition coefficient (Wildman–Crippen LogP) is 5.73. The number of allylic oxidation sites excluding steroid dienone is 1. The van der Waals surface area contributed by atoms with Gasteiger partial charge < -0.3 is 0 Å². The van der Waals surface area contributed by atoms with Gasteiger partial charge in [-0.05, 0) is 36.0 Å². The first kappa shape index (κ1) is 17.5. The van der Waals surface area contributed by atoms with Crippen LogP contribution in [0.1, 0.15) is 43.2 Å². The molecule has 0 radical (unpaired) electrons. The van der Waals surface area contributed by atoms with Gasteiger partial charge in [0.15, 0.2) is 0 Å². The Bertz CT molecular complexity index is 663. The van der Waals surface area contributed by atoms with Crippen molar-refractivity contribution in [1.29, 1.82) is 10.5 Å². The van der Waals surface area contributed by atoms with Gasteiger partial charge in [0.1, 0.15) is 5.92 Å². The molecule has 0 aliphatic carbocycles. The standard InChI is InChI=1S/C22H22N2/c23-17-19(18-24)11-5-1-2-10-16-22(20-12-6-3-7-13-20)21-14-8-4-9-15-21/h3-4,6-9,12-16,19H,1-2,5,10-11H2. The lowest BCUT2D eigenvalue weighted by Gasteiger charge is -2.09. The summed E-state index contributed by atoms with van der Waals surface area (Å²) in [5, 5.41) is 17.5. The number of nitriles is 2. The fourth-order valence-corrected chi connectivity index (χ4v) is 2.71. The van der Waals surface area contributed by atoms with Crippen LogP contribution in [-0.2, 0) is 0 Å². The molecule has 2 heteroatoms. The third-order valence-electron chi connectivity index (χ3n) is 4.03. The van der Waals surface area contributed by atoms with E-state index in [0.717, 1.165) is 25.7 Å². The Kier molecular flexibility index (Phi) is 7.32. The number of benzene rings is 2. The molecule has 120 valence electrons. The van der Waals surface area contributed by atoms with Crippen LogP contribution in [0.4, 0.5) is 0 Å². The van der Waals surface area contributed by atoms with Crippen molar-refractivity contribution >= 4 is 5.57 Å². The van der Waals surface area contributed by atoms with Crippen LogP contribution in [0.3, 0.4) is 0 Å². The normalized spacial score (nSPS) is 9.96. The highest BCUT2D eigenvalue weighted by atomic mass is 14.3. The molecule has 0 saturated heterocycles. The average Bonchev–Trinajstić information content (AvgIpc) is 2.66. The molecule has 2 nitrogen and oxygen atoms in total. The summed E-state index contributed by atoms with van der Waals surface area (Å²) in [7, 11) is 0. The molecular formula is C22H22N2. The van der Waals surface area contributed by atoms with Crippen LogP contribution in [0.2, 0.25) is 0 Å². The molecule has 0 unspecified atom stereocenters. The van der Waals surface area contributed by atoms with Crippen molar-refractivity contribution in [1.82, 2.24) is 0 Å². The zero-order valence-corrected chi connectivity index (χ0v) is 13.9. The van der Waals surface area contributed by atoms with E-state index in [1.165, 1.54) is 16.7 Å². The van der Waals surface area contributed by atoms with Crippen molar-refractivity contribution in [2.75, 3.05) is 0 Å². The largest absolute Gasteiger partial charge is 0.197 e. The molecule has 2 aromatic carbocycles. The maximum absolute atomic E-state index is 8.77. The van der Waals surface area contributed by atoms with E-state index in [0.29, 0.717) is 6.42 Å². The first-order valence-corrected chi connectivity index (χ1v) is 8.45. The molecule has 0 aliphatic heterocycles. The second kappa shape index (κ2) is 10.0. The number of nitrogens with zero attached hydrogens (tertiary/aromatic N) is 2. The van der Waals surface area contributed by atoms with Gasteiger partial charge >= 0.3 is 0 Å². The minimum absolute atomic E-state index is 0.454. The van der Waals surface area contributed by atoms with Gasteiger partial charge in [0.25, 0.3) is 0 Å². The van der Waals surface area contributed by atoms with E-state index in [1.54, 1.807) is 0 Å². The lowest BCUT2D eigenvalue weighted by molar-refractivity contribution is 0.610. The number of unbranched alkanes of at least 4 members (excludes halogenated alkanes) is 3. The summed E-state index contributed by atoms with van der Waals surface area (Å²) in [6.45, 7) is 0. The summed E-state index contributed by atoms with van der Waals surface area (Å²) in [5.41, 5.74) is 3.73. The summed E-state index contributed by atoms with van der Waals surface area (Å²) in [5.74, 6) is -0.454. The molecule has 0 saturated carbocycles. The second-order valence-corrected chi connectivity index (χ2v) is 5.80. The Morgan fingerprint density at radius 2 is 1.33 bits per heavy atom. The van der Waals surface area contributed by atoms with Crippen molar-refractivity contribution in [3.8, 4) is 12.1 Å². The highest BCUT2D eigenvalue weighted by Crippen LogP contribution is 2.24. The van der Waals surface area contributed by atoms with Gasteiger partial charge in [0.2, 0.25) is 0 Å². The zero-order chi connectivity index (χ0) is 17.0. The minimum atomic E-state index is -0.454. The molecule has 0 heterocycles. The van der Waals surface area contributed by atoms with E-state index in [1.807, 2.05) is 24.3 Å². The predicted molar refractivity (Wildman–Crippen MR) is 97.8 cm³/mol. The first-order chi connectivity index (χ1) is 11.8. The van der Waals surface area contributed by atoms with E-state index in [2.05, 4.69) is 54.6 Å². The van der Waals surface area contributed by atoms with E-state index in [4.69, 9.17) is 10.5 Å². The molecule has 0 atom stereocenters. The Morgan fingerprint density at radius 3 is 1.83 bits per heavy atom. The lowest BCUT2D eigenvalue weighted by Crippen LogP contribution is -1.92. The molecule has 0 bridgehead atoms. The molecule has 0 fully saturated rings. The maximum atomic E-state index is 8.77. The summed E-state index contributed by atoms with van der Waals surface area (Å²) >= 11 is 0. The fourth-order valence-electron chi connectivity index (χ4n) is 2.71. The van der Waals surface area contributed by atoms with E-state index in [-0.39, 0.29) is 0 Å². The van der Waals surface area contributed by atoms with Crippen LogP contribution in [0.5, 0.6) is 0 Å². The summed E-state index contributed by atoms with van der Waals surface area (Å²) in [6, 6.07) is 25.0. The fraction of sp³-hybridized carbons (Fsp3) is 0.273. The van der Waals surface area contributed by atoms with Gasteiger partial charge in [-0.2, -0.15) is 10.5 Å². The van der Waals surface area contributed by atoms with Crippen molar-refractivity contribution in [3.63, 3.8) is 0 Å². The summed E-state index contributed by atoms with van der Waals surface area (Å²) < 4.78 is 0. The summed E-state index contributed by atoms with van der Waals surface area (Å²) in [4.78, 5) is 0. The first-order valence-electron chi connectivity index (χ1n) is 8.45. The SMILES string of the molecule is N#CC(C#N)CCCCCC=C(c1ccccc1)c1ccccc1. The smallest absolute Gasteiger partial charge is 0.133 e. The highest BCUT2D eigenvalue weighted by Gasteiger charge is 2.05. The minimum Gasteiger partial charge on any atom is -0.197 e. The van der Waals surface area contributed by atoms with Gasteiger partial charge in [0, 0.05) is 0 Å². The van der Waals surface area contributed by atoms with Gasteiger partial charge in [-0.1, -0.05) is 79.6 Å². The van der Waals surface area contributed by atoms with Crippen LogP contribution < -0.4 is 0 Å². The van der Waals surface area contributed by atoms with E-state index < -0.39 is 5.92 Å². The van der Waals surface area contributed by atoms with Crippen molar-refractivity contribution in [2.24, 2.45) is 5.92 Å². The summed E-state index contributed by atoms with van der Waals surface area (Å²) in [6.07, 6.45) is 7.05. The topological polar surface area (TPSA) is 47.6 Å². The van der Waals surface area contributed by atoms with Crippen molar-refractivity contribution in [2.45, 2.75) is 32.1 Å². The molecule has 2 aromatic rings. The quantitative estimate of drug-likeness (QED) is 0.584. The Balaban J connectivity index is 1.95. The number of rotatable bonds is 8. The molecule has 0 N–H and O–H groups in total. The van der Waals surface area contributed by atoms with Gasteiger partial charge in [-0.25, -0.2) is 0 Å². The van der Waals surface area contributed by atoms with Gasteiger partial charge in [-0.15, -0.1) is 0 Å². The third-order valence-corrected chi connectivity index (χ3v) is 4.03. The maximum Gasteiger partial charge on any atom is 0.133 e. The van der Waals surface area contributed by atoms with E-state index in [9.17, 15) is 0 Å². The lowest BCUT2D eigenvalue weighted by atomic mass is 9.96. The molecule has 2 rings (SSSR count). The van der Waals surface area contributed by atoms with Crippen LogP contribution in [-0.4, -0.2) is 0 Å². The Morgan fingerprint density at radius 1 is 0.792 bits per heavy atom. The molecular weight excluding hydrogens is 292 g/mol. The van der Waals surface area contributed by atoms with Crippen LogP contribution in [0.15, 0.2) is 66.7 Å². The second-order valence-electron chi connectivity index (χ2n) is 5.80. The van der Waals surface area contributed by atoms with Crippen LogP contribution >= 0.6 is 0 Å². The highest BCUT2D eigenvalue weighted by molar-refractivity contribution is 5.79. The molecule has 0 aromatic heterocycles. The molecule has 24 heavy (non-hydrogen) atoms. The monoisotopic (exact) mass is 314 g/mol. The molecule has 0 aliphatic rings. The molecule has 0 spiro atoms. The van der Waals surface area contributed by atoms with Gasteiger partial charge in [-0.3, -0.25) is 0 Å². The zero-order valence-electron chi connectivity index (χ0n) is 13.9. The Hall–Kier alpha value is -2.84. The van der Waals surface area contributed by atoms with Crippen molar-refractivity contribution < 1.29 is 0 Å².